The van der Waals surface area contributed by atoms with Gasteiger partial charge in [-0.25, -0.2) is 0 Å². The molecule has 2 nitrogen and oxygen atoms in total. The second-order valence-electron chi connectivity index (χ2n) is 7.58. The van der Waals surface area contributed by atoms with Crippen molar-refractivity contribution in [1.29, 1.82) is 0 Å². The minimum absolute atomic E-state index is 0.259. The zero-order valence-electron chi connectivity index (χ0n) is 13.5. The maximum atomic E-state index is 6.66. The molecule has 0 amide bonds. The summed E-state index contributed by atoms with van der Waals surface area (Å²) < 4.78 is 10.2. The minimum atomic E-state index is -1.72. The van der Waals surface area contributed by atoms with Crippen LogP contribution in [0.5, 0.6) is 0 Å². The molecule has 1 unspecified atom stereocenters. The van der Waals surface area contributed by atoms with E-state index in [2.05, 4.69) is 78.6 Å². The molecular weight excluding hydrogens is 342 g/mol. The average Bonchev–Trinajstić information content (AvgIpc) is 2.87. The molecule has 0 fully saturated rings. The Morgan fingerprint density at radius 1 is 1.24 bits per heavy atom. The van der Waals surface area contributed by atoms with Gasteiger partial charge < -0.3 is 8.99 Å². The van der Waals surface area contributed by atoms with E-state index in [1.165, 1.54) is 16.6 Å². The smallest absolute Gasteiger partial charge is 0.192 e. The van der Waals surface area contributed by atoms with Crippen molar-refractivity contribution in [2.75, 3.05) is 0 Å². The lowest BCUT2D eigenvalue weighted by Crippen LogP contribution is -2.41. The number of halogens is 1. The first kappa shape index (κ1) is 15.3. The highest BCUT2D eigenvalue weighted by molar-refractivity contribution is 9.10. The molecule has 0 radical (unpaired) electrons. The van der Waals surface area contributed by atoms with Gasteiger partial charge in [0, 0.05) is 27.6 Å². The van der Waals surface area contributed by atoms with Gasteiger partial charge in [0.05, 0.1) is 6.10 Å². The summed E-state index contributed by atoms with van der Waals surface area (Å²) in [5.74, 6) is 0. The van der Waals surface area contributed by atoms with E-state index in [0.29, 0.717) is 0 Å². The molecule has 1 atom stereocenters. The molecule has 21 heavy (non-hydrogen) atoms. The Bertz CT molecular complexity index is 684. The van der Waals surface area contributed by atoms with Crippen LogP contribution in [0.4, 0.5) is 0 Å². The minimum Gasteiger partial charge on any atom is -0.408 e. The molecule has 0 spiro atoms. The lowest BCUT2D eigenvalue weighted by molar-refractivity contribution is 0.185. The van der Waals surface area contributed by atoms with Gasteiger partial charge in [0.2, 0.25) is 0 Å². The molecule has 0 saturated heterocycles. The molecular formula is C17H24BrNOSi. The highest BCUT2D eigenvalue weighted by atomic mass is 79.9. The molecule has 2 aromatic rings. The van der Waals surface area contributed by atoms with Crippen LogP contribution in [-0.2, 0) is 11.0 Å². The monoisotopic (exact) mass is 365 g/mol. The van der Waals surface area contributed by atoms with Crippen LogP contribution in [0.3, 0.4) is 0 Å². The van der Waals surface area contributed by atoms with Gasteiger partial charge in [0.15, 0.2) is 8.32 Å². The van der Waals surface area contributed by atoms with Gasteiger partial charge >= 0.3 is 0 Å². The van der Waals surface area contributed by atoms with Crippen molar-refractivity contribution in [2.24, 2.45) is 0 Å². The second kappa shape index (κ2) is 4.97. The normalized spacial score (nSPS) is 19.2. The van der Waals surface area contributed by atoms with Crippen molar-refractivity contribution in [2.45, 2.75) is 58.0 Å². The average molecular weight is 366 g/mol. The summed E-state index contributed by atoms with van der Waals surface area (Å²) in [7, 11) is -1.72. The van der Waals surface area contributed by atoms with Crippen molar-refractivity contribution < 1.29 is 4.43 Å². The van der Waals surface area contributed by atoms with Crippen LogP contribution in [0.2, 0.25) is 18.1 Å². The van der Waals surface area contributed by atoms with Gasteiger partial charge in [-0.05, 0) is 48.8 Å². The summed E-state index contributed by atoms with van der Waals surface area (Å²) >= 11 is 3.56. The third kappa shape index (κ3) is 2.62. The summed E-state index contributed by atoms with van der Waals surface area (Å²) in [6.07, 6.45) is 1.37. The van der Waals surface area contributed by atoms with E-state index in [-0.39, 0.29) is 11.1 Å². The van der Waals surface area contributed by atoms with E-state index in [1.54, 1.807) is 0 Å². The zero-order chi connectivity index (χ0) is 15.4. The van der Waals surface area contributed by atoms with Crippen molar-refractivity contribution in [3.63, 3.8) is 0 Å². The van der Waals surface area contributed by atoms with Crippen LogP contribution in [0.1, 0.15) is 39.0 Å². The number of benzene rings is 1. The predicted molar refractivity (Wildman–Crippen MR) is 95.3 cm³/mol. The third-order valence-electron chi connectivity index (χ3n) is 5.08. The predicted octanol–water partition coefficient (Wildman–Crippen LogP) is 5.87. The van der Waals surface area contributed by atoms with Crippen LogP contribution in [0, 0.1) is 0 Å². The van der Waals surface area contributed by atoms with Crippen molar-refractivity contribution in [3.05, 3.63) is 34.4 Å². The molecule has 4 heteroatoms. The Labute approximate surface area is 136 Å². The molecule has 1 aliphatic heterocycles. The molecule has 1 aromatic heterocycles. The molecule has 0 N–H and O–H groups in total. The number of fused-ring (bicyclic) bond motifs is 3. The van der Waals surface area contributed by atoms with E-state index in [0.717, 1.165) is 17.4 Å². The van der Waals surface area contributed by atoms with Gasteiger partial charge in [-0.15, -0.1) is 0 Å². The number of hydrogen-bond acceptors (Lipinski definition) is 1. The van der Waals surface area contributed by atoms with Gasteiger partial charge in [-0.3, -0.25) is 0 Å². The largest absolute Gasteiger partial charge is 0.408 e. The summed E-state index contributed by atoms with van der Waals surface area (Å²) in [4.78, 5) is 0. The van der Waals surface area contributed by atoms with E-state index >= 15 is 0 Å². The van der Waals surface area contributed by atoms with Gasteiger partial charge in [0.25, 0.3) is 0 Å². The topological polar surface area (TPSA) is 14.2 Å². The van der Waals surface area contributed by atoms with Crippen molar-refractivity contribution >= 4 is 35.2 Å². The van der Waals surface area contributed by atoms with E-state index in [9.17, 15) is 0 Å². The second-order valence-corrected chi connectivity index (χ2v) is 13.3. The van der Waals surface area contributed by atoms with E-state index < -0.39 is 8.32 Å². The lowest BCUT2D eigenvalue weighted by atomic mass is 10.2. The summed E-state index contributed by atoms with van der Waals surface area (Å²) in [6.45, 7) is 12.7. The quantitative estimate of drug-likeness (QED) is 0.606. The maximum absolute atomic E-state index is 6.66. The molecule has 0 aliphatic carbocycles. The highest BCUT2D eigenvalue weighted by Crippen LogP contribution is 2.43. The highest BCUT2D eigenvalue weighted by Gasteiger charge is 2.41. The fraction of sp³-hybridized carbons (Fsp3) is 0.529. The first-order chi connectivity index (χ1) is 9.69. The third-order valence-corrected chi connectivity index (χ3v) is 10.1. The SMILES string of the molecule is CC(C)(C)[Si](C)(C)OC1CCn2c1cc1cc(Br)ccc12. The maximum Gasteiger partial charge on any atom is 0.192 e. The van der Waals surface area contributed by atoms with Gasteiger partial charge in [-0.2, -0.15) is 0 Å². The van der Waals surface area contributed by atoms with Crippen LogP contribution in [0.15, 0.2) is 28.7 Å². The first-order valence-electron chi connectivity index (χ1n) is 7.65. The number of nitrogens with zero attached hydrogens (tertiary/aromatic N) is 1. The van der Waals surface area contributed by atoms with E-state index in [4.69, 9.17) is 4.43 Å². The van der Waals surface area contributed by atoms with Gasteiger partial charge in [-0.1, -0.05) is 36.7 Å². The van der Waals surface area contributed by atoms with Crippen LogP contribution in [0.25, 0.3) is 10.9 Å². The fourth-order valence-electron chi connectivity index (χ4n) is 2.83. The standard InChI is InChI=1S/C17H24BrNOSi/c1-17(2,3)21(4,5)20-16-8-9-19-14-7-6-13(18)10-12(14)11-15(16)19/h6-7,10-11,16H,8-9H2,1-5H3. The number of hydrogen-bond donors (Lipinski definition) is 0. The molecule has 0 saturated carbocycles. The van der Waals surface area contributed by atoms with Crippen LogP contribution >= 0.6 is 15.9 Å². The molecule has 1 aromatic carbocycles. The summed E-state index contributed by atoms with van der Waals surface area (Å²) in [5, 5.41) is 1.57. The van der Waals surface area contributed by atoms with Gasteiger partial charge in [0.1, 0.15) is 0 Å². The van der Waals surface area contributed by atoms with Crippen molar-refractivity contribution in [1.82, 2.24) is 4.57 Å². The zero-order valence-corrected chi connectivity index (χ0v) is 16.1. The Morgan fingerprint density at radius 3 is 2.62 bits per heavy atom. The molecule has 1 aliphatic rings. The lowest BCUT2D eigenvalue weighted by Gasteiger charge is -2.38. The fourth-order valence-corrected chi connectivity index (χ4v) is 4.51. The van der Waals surface area contributed by atoms with E-state index in [1.807, 2.05) is 0 Å². The molecule has 2 heterocycles. The molecule has 114 valence electrons. The molecule has 0 bridgehead atoms. The number of aromatic nitrogens is 1. The Kier molecular flexibility index (Phi) is 3.62. The van der Waals surface area contributed by atoms with Crippen molar-refractivity contribution in [3.8, 4) is 0 Å². The molecule has 3 rings (SSSR count). The first-order valence-corrected chi connectivity index (χ1v) is 11.4. The Hall–Kier alpha value is -0.583. The Morgan fingerprint density at radius 2 is 1.95 bits per heavy atom. The van der Waals surface area contributed by atoms with Crippen LogP contribution < -0.4 is 0 Å². The summed E-state index contributed by atoms with van der Waals surface area (Å²) in [6, 6.07) is 8.84. The van der Waals surface area contributed by atoms with Crippen LogP contribution in [-0.4, -0.2) is 12.9 Å². The number of aryl methyl sites for hydroxylation is 1. The Balaban J connectivity index is 1.95. The number of rotatable bonds is 2. The summed E-state index contributed by atoms with van der Waals surface area (Å²) in [5.41, 5.74) is 2.68.